The van der Waals surface area contributed by atoms with Crippen LogP contribution in [0.4, 0.5) is 4.39 Å². The van der Waals surface area contributed by atoms with Crippen LogP contribution in [0.2, 0.25) is 0 Å². The molecular formula is C23H28FN3O3. The quantitative estimate of drug-likeness (QED) is 0.675. The van der Waals surface area contributed by atoms with E-state index in [1.54, 1.807) is 28.6 Å². The molecule has 1 aliphatic carbocycles. The molecule has 160 valence electrons. The summed E-state index contributed by atoms with van der Waals surface area (Å²) >= 11 is 0. The number of esters is 1. The highest BCUT2D eigenvalue weighted by atomic mass is 19.1. The third-order valence-electron chi connectivity index (χ3n) is 5.90. The number of amides is 1. The number of likely N-dealkylation sites (tertiary alicyclic amines) is 1. The number of ether oxygens (including phenoxy) is 1. The molecule has 1 aromatic carbocycles. The third kappa shape index (κ3) is 3.98. The van der Waals surface area contributed by atoms with Gasteiger partial charge in [-0.1, -0.05) is 13.0 Å². The van der Waals surface area contributed by atoms with Gasteiger partial charge < -0.3 is 9.64 Å². The number of carbonyl (C=O) groups is 2. The van der Waals surface area contributed by atoms with Gasteiger partial charge in [0.05, 0.1) is 35.2 Å². The van der Waals surface area contributed by atoms with Gasteiger partial charge in [0.15, 0.2) is 0 Å². The summed E-state index contributed by atoms with van der Waals surface area (Å²) in [4.78, 5) is 27.6. The minimum Gasteiger partial charge on any atom is -0.466 e. The molecule has 1 aromatic heterocycles. The number of hydrogen-bond acceptors (Lipinski definition) is 4. The first-order valence-electron chi connectivity index (χ1n) is 10.9. The van der Waals surface area contributed by atoms with Gasteiger partial charge in [0.25, 0.3) is 5.91 Å². The van der Waals surface area contributed by atoms with Crippen molar-refractivity contribution >= 4 is 11.9 Å². The predicted molar refractivity (Wildman–Crippen MR) is 110 cm³/mol. The van der Waals surface area contributed by atoms with Crippen LogP contribution < -0.4 is 0 Å². The molecule has 2 aromatic rings. The Morgan fingerprint density at radius 3 is 2.70 bits per heavy atom. The van der Waals surface area contributed by atoms with Gasteiger partial charge in [-0.2, -0.15) is 5.10 Å². The average molecular weight is 413 g/mol. The van der Waals surface area contributed by atoms with Gasteiger partial charge in [-0.15, -0.1) is 0 Å². The highest BCUT2D eigenvalue weighted by molar-refractivity contribution is 5.97. The van der Waals surface area contributed by atoms with E-state index in [1.807, 2.05) is 6.92 Å². The minimum absolute atomic E-state index is 0.0783. The van der Waals surface area contributed by atoms with Crippen LogP contribution in [0, 0.1) is 11.7 Å². The second-order valence-corrected chi connectivity index (χ2v) is 8.07. The lowest BCUT2D eigenvalue weighted by Gasteiger charge is -2.31. The summed E-state index contributed by atoms with van der Waals surface area (Å²) in [6, 6.07) is 6.29. The maximum absolute atomic E-state index is 13.8. The number of aromatic nitrogens is 2. The van der Waals surface area contributed by atoms with Crippen molar-refractivity contribution in [1.82, 2.24) is 14.7 Å². The Hall–Kier alpha value is -2.70. The first-order chi connectivity index (χ1) is 14.5. The molecule has 1 aliphatic heterocycles. The Morgan fingerprint density at radius 1 is 1.23 bits per heavy atom. The zero-order valence-corrected chi connectivity index (χ0v) is 17.6. The molecule has 1 saturated heterocycles. The molecule has 0 bridgehead atoms. The first-order valence-corrected chi connectivity index (χ1v) is 10.9. The van der Waals surface area contributed by atoms with Crippen molar-refractivity contribution in [2.24, 2.45) is 5.92 Å². The van der Waals surface area contributed by atoms with Crippen molar-refractivity contribution in [3.05, 3.63) is 47.0 Å². The Labute approximate surface area is 176 Å². The van der Waals surface area contributed by atoms with E-state index in [-0.39, 0.29) is 29.5 Å². The number of benzene rings is 1. The van der Waals surface area contributed by atoms with Gasteiger partial charge in [0.1, 0.15) is 5.82 Å². The van der Waals surface area contributed by atoms with Gasteiger partial charge in [0, 0.05) is 19.0 Å². The lowest BCUT2D eigenvalue weighted by molar-refractivity contribution is -0.149. The van der Waals surface area contributed by atoms with E-state index >= 15 is 0 Å². The highest BCUT2D eigenvalue weighted by Gasteiger charge is 2.37. The van der Waals surface area contributed by atoms with Crippen LogP contribution in [0.25, 0.3) is 5.69 Å². The van der Waals surface area contributed by atoms with Crippen molar-refractivity contribution in [1.29, 1.82) is 0 Å². The predicted octanol–water partition coefficient (Wildman–Crippen LogP) is 3.87. The zero-order chi connectivity index (χ0) is 21.3. The van der Waals surface area contributed by atoms with E-state index in [1.165, 1.54) is 12.1 Å². The molecule has 1 amide bonds. The van der Waals surface area contributed by atoms with Crippen LogP contribution in [0.1, 0.15) is 67.2 Å². The van der Waals surface area contributed by atoms with Crippen LogP contribution in [-0.4, -0.2) is 46.3 Å². The molecular weight excluding hydrogens is 385 g/mol. The molecule has 2 heterocycles. The summed E-state index contributed by atoms with van der Waals surface area (Å²) in [7, 11) is 0. The number of piperidine rings is 1. The van der Waals surface area contributed by atoms with Gasteiger partial charge in [-0.25, -0.2) is 9.07 Å². The lowest BCUT2D eigenvalue weighted by atomic mass is 9.96. The van der Waals surface area contributed by atoms with Gasteiger partial charge >= 0.3 is 5.97 Å². The second kappa shape index (κ2) is 8.58. The maximum atomic E-state index is 13.8. The van der Waals surface area contributed by atoms with Gasteiger partial charge in [0.2, 0.25) is 0 Å². The fourth-order valence-corrected chi connectivity index (χ4v) is 4.27. The lowest BCUT2D eigenvalue weighted by Crippen LogP contribution is -2.43. The molecule has 2 fully saturated rings. The van der Waals surface area contributed by atoms with E-state index < -0.39 is 0 Å². The summed E-state index contributed by atoms with van der Waals surface area (Å²) in [5, 5.41) is 4.76. The largest absolute Gasteiger partial charge is 0.466 e. The molecule has 6 nitrogen and oxygen atoms in total. The van der Waals surface area contributed by atoms with Crippen molar-refractivity contribution in [3.63, 3.8) is 0 Å². The highest BCUT2D eigenvalue weighted by Crippen LogP contribution is 2.42. The summed E-state index contributed by atoms with van der Waals surface area (Å²) in [5.74, 6) is -0.654. The number of halogens is 1. The van der Waals surface area contributed by atoms with Crippen molar-refractivity contribution < 1.29 is 18.7 Å². The fourth-order valence-electron chi connectivity index (χ4n) is 4.27. The molecule has 30 heavy (non-hydrogen) atoms. The van der Waals surface area contributed by atoms with Gasteiger partial charge in [-0.3, -0.25) is 9.59 Å². The van der Waals surface area contributed by atoms with Crippen LogP contribution in [0.5, 0.6) is 0 Å². The number of rotatable bonds is 6. The molecule has 0 N–H and O–H groups in total. The molecule has 0 radical (unpaired) electrons. The molecule has 1 atom stereocenters. The topological polar surface area (TPSA) is 64.4 Å². The van der Waals surface area contributed by atoms with E-state index in [9.17, 15) is 14.0 Å². The third-order valence-corrected chi connectivity index (χ3v) is 5.90. The molecule has 1 unspecified atom stereocenters. The van der Waals surface area contributed by atoms with Gasteiger partial charge in [-0.05, 0) is 57.2 Å². The Kier molecular flexibility index (Phi) is 5.88. The number of hydrogen-bond donors (Lipinski definition) is 0. The van der Waals surface area contributed by atoms with Crippen LogP contribution in [0.15, 0.2) is 24.3 Å². The Morgan fingerprint density at radius 2 is 2.03 bits per heavy atom. The molecule has 1 saturated carbocycles. The van der Waals surface area contributed by atoms with Crippen LogP contribution in [-0.2, 0) is 16.0 Å². The summed E-state index contributed by atoms with van der Waals surface area (Å²) < 4.78 is 20.7. The van der Waals surface area contributed by atoms with Crippen molar-refractivity contribution in [3.8, 4) is 5.69 Å². The molecule has 0 spiro atoms. The standard InChI is InChI=1S/C23H28FN3O3/c1-3-19-20(22(28)26-12-6-7-16(14-26)23(29)30-4-2)21(15-10-11-15)25-27(19)18-9-5-8-17(24)13-18/h5,8-9,13,15-16H,3-4,6-7,10-12,14H2,1-2H3. The smallest absolute Gasteiger partial charge is 0.310 e. The van der Waals surface area contributed by atoms with E-state index in [0.29, 0.717) is 37.4 Å². The summed E-state index contributed by atoms with van der Waals surface area (Å²) in [5.41, 5.74) is 2.86. The fraction of sp³-hybridized carbons (Fsp3) is 0.522. The van der Waals surface area contributed by atoms with E-state index in [4.69, 9.17) is 9.84 Å². The monoisotopic (exact) mass is 413 g/mol. The molecule has 4 rings (SSSR count). The van der Waals surface area contributed by atoms with Crippen molar-refractivity contribution in [2.45, 2.75) is 51.9 Å². The average Bonchev–Trinajstić information content (AvgIpc) is 3.53. The second-order valence-electron chi connectivity index (χ2n) is 8.07. The Balaban J connectivity index is 1.69. The van der Waals surface area contributed by atoms with E-state index in [2.05, 4.69) is 0 Å². The normalized spacial score (nSPS) is 19.0. The molecule has 2 aliphatic rings. The Bertz CT molecular complexity index is 951. The minimum atomic E-state index is -0.334. The zero-order valence-electron chi connectivity index (χ0n) is 17.6. The van der Waals surface area contributed by atoms with Crippen molar-refractivity contribution in [2.75, 3.05) is 19.7 Å². The van der Waals surface area contributed by atoms with E-state index in [0.717, 1.165) is 37.1 Å². The summed E-state index contributed by atoms with van der Waals surface area (Å²) in [6.07, 6.45) is 4.13. The maximum Gasteiger partial charge on any atom is 0.310 e. The summed E-state index contributed by atoms with van der Waals surface area (Å²) in [6.45, 7) is 5.11. The first kappa shape index (κ1) is 20.6. The van der Waals surface area contributed by atoms with Crippen LogP contribution in [0.3, 0.4) is 0 Å². The van der Waals surface area contributed by atoms with Crippen LogP contribution >= 0.6 is 0 Å². The number of nitrogens with zero attached hydrogens (tertiary/aromatic N) is 3. The SMILES string of the molecule is CCOC(=O)C1CCCN(C(=O)c2c(C3CC3)nn(-c3cccc(F)c3)c2CC)C1. The number of carbonyl (C=O) groups excluding carboxylic acids is 2. The molecule has 7 heteroatoms.